The van der Waals surface area contributed by atoms with Crippen LogP contribution in [0.15, 0.2) is 46.3 Å². The van der Waals surface area contributed by atoms with Gasteiger partial charge in [0.1, 0.15) is 5.78 Å². The van der Waals surface area contributed by atoms with E-state index >= 15 is 0 Å². The van der Waals surface area contributed by atoms with Crippen LogP contribution in [-0.2, 0) is 19.1 Å². The Balaban J connectivity index is 1.62. The molecule has 0 N–H and O–H groups in total. The molecule has 6 unspecified atom stereocenters. The van der Waals surface area contributed by atoms with Crippen LogP contribution in [0.1, 0.15) is 87.0 Å². The molecular formula is C30H38O4. The highest BCUT2D eigenvalue weighted by molar-refractivity contribution is 6.08. The van der Waals surface area contributed by atoms with Gasteiger partial charge >= 0.3 is 5.97 Å². The Morgan fingerprint density at radius 3 is 2.41 bits per heavy atom. The van der Waals surface area contributed by atoms with Crippen molar-refractivity contribution in [2.75, 3.05) is 0 Å². The van der Waals surface area contributed by atoms with Crippen molar-refractivity contribution in [3.63, 3.8) is 0 Å². The first-order valence-electron chi connectivity index (χ1n) is 12.9. The summed E-state index contributed by atoms with van der Waals surface area (Å²) in [4.78, 5) is 37.3. The van der Waals surface area contributed by atoms with Gasteiger partial charge in [0, 0.05) is 30.3 Å². The highest BCUT2D eigenvalue weighted by atomic mass is 16.5. The standard InChI is InChI=1S/C30H38O4/c1-17-14-25-27(4,16-23(17)33)10-12-29(6)24-9-8-20-18(2)26(34-19(3)31)22(32)15-21(20)28(24,5)11-13-30(25,29)7/h8-9,15,17,25H,10-14,16H2,1-7H3. The van der Waals surface area contributed by atoms with Gasteiger partial charge in [0.15, 0.2) is 5.76 Å². The van der Waals surface area contributed by atoms with Crippen LogP contribution in [0.2, 0.25) is 0 Å². The van der Waals surface area contributed by atoms with E-state index in [1.54, 1.807) is 6.08 Å². The molecule has 3 fully saturated rings. The molecule has 34 heavy (non-hydrogen) atoms. The Morgan fingerprint density at radius 2 is 1.74 bits per heavy atom. The van der Waals surface area contributed by atoms with Crippen molar-refractivity contribution < 1.29 is 19.1 Å². The molecule has 0 aromatic heterocycles. The summed E-state index contributed by atoms with van der Waals surface area (Å²) in [7, 11) is 0. The van der Waals surface area contributed by atoms with E-state index in [1.807, 2.05) is 6.92 Å². The van der Waals surface area contributed by atoms with Crippen molar-refractivity contribution in [3.05, 3.63) is 46.3 Å². The van der Waals surface area contributed by atoms with Gasteiger partial charge < -0.3 is 4.74 Å². The fourth-order valence-corrected chi connectivity index (χ4v) is 8.65. The van der Waals surface area contributed by atoms with Crippen LogP contribution in [0.5, 0.6) is 0 Å². The van der Waals surface area contributed by atoms with Gasteiger partial charge in [-0.25, -0.2) is 0 Å². The maximum atomic E-state index is 13.0. The number of Topliss-reactive ketones (excluding diaryl/α,β-unsaturated/α-hetero) is 1. The largest absolute Gasteiger partial charge is 0.422 e. The second kappa shape index (κ2) is 7.15. The predicted octanol–water partition coefficient (Wildman–Crippen LogP) is 6.43. The lowest BCUT2D eigenvalue weighted by atomic mass is 9.35. The molecule has 0 spiro atoms. The van der Waals surface area contributed by atoms with Crippen LogP contribution in [0.3, 0.4) is 0 Å². The van der Waals surface area contributed by atoms with E-state index in [2.05, 4.69) is 46.8 Å². The molecule has 0 saturated heterocycles. The number of rotatable bonds is 1. The summed E-state index contributed by atoms with van der Waals surface area (Å²) in [6, 6.07) is 0. The number of esters is 1. The number of ether oxygens (including phenoxy) is 1. The normalized spacial score (nSPS) is 43.6. The minimum Gasteiger partial charge on any atom is -0.422 e. The van der Waals surface area contributed by atoms with Crippen LogP contribution in [0.25, 0.3) is 0 Å². The predicted molar refractivity (Wildman–Crippen MR) is 132 cm³/mol. The van der Waals surface area contributed by atoms with E-state index < -0.39 is 5.97 Å². The van der Waals surface area contributed by atoms with Crippen LogP contribution >= 0.6 is 0 Å². The van der Waals surface area contributed by atoms with Crippen LogP contribution < -0.4 is 0 Å². The third-order valence-corrected chi connectivity index (χ3v) is 10.9. The monoisotopic (exact) mass is 462 g/mol. The Labute approximate surface area is 203 Å². The van der Waals surface area contributed by atoms with E-state index in [-0.39, 0.29) is 39.1 Å². The lowest BCUT2D eigenvalue weighted by Gasteiger charge is -2.69. The summed E-state index contributed by atoms with van der Waals surface area (Å²) in [6.45, 7) is 14.9. The van der Waals surface area contributed by atoms with Gasteiger partial charge in [-0.3, -0.25) is 14.4 Å². The molecule has 5 rings (SSSR count). The number of carbonyl (C=O) groups excluding carboxylic acids is 3. The van der Waals surface area contributed by atoms with E-state index in [1.165, 1.54) is 12.5 Å². The first-order valence-corrected chi connectivity index (χ1v) is 12.9. The number of allylic oxidation sites excluding steroid dienone is 7. The molecule has 5 aliphatic rings. The maximum absolute atomic E-state index is 13.0. The molecule has 0 heterocycles. The second-order valence-corrected chi connectivity index (χ2v) is 12.7. The lowest BCUT2D eigenvalue weighted by molar-refractivity contribution is -0.161. The molecule has 0 bridgehead atoms. The van der Waals surface area contributed by atoms with Gasteiger partial charge in [-0.2, -0.15) is 0 Å². The quantitative estimate of drug-likeness (QED) is 0.422. The third kappa shape index (κ3) is 2.86. The summed E-state index contributed by atoms with van der Waals surface area (Å²) < 4.78 is 5.30. The number of hydrogen-bond acceptors (Lipinski definition) is 4. The fourth-order valence-electron chi connectivity index (χ4n) is 8.65. The highest BCUT2D eigenvalue weighted by Crippen LogP contribution is 2.74. The summed E-state index contributed by atoms with van der Waals surface area (Å²) in [5, 5.41) is 0. The number of ketones is 2. The van der Waals surface area contributed by atoms with Crippen molar-refractivity contribution in [3.8, 4) is 0 Å². The molecule has 0 aliphatic heterocycles. The van der Waals surface area contributed by atoms with E-state index in [0.717, 1.165) is 48.8 Å². The van der Waals surface area contributed by atoms with Gasteiger partial charge in [0.25, 0.3) is 0 Å². The van der Waals surface area contributed by atoms with E-state index in [0.29, 0.717) is 18.1 Å². The fraction of sp³-hybridized carbons (Fsp3) is 0.633. The molecule has 0 aromatic carbocycles. The lowest BCUT2D eigenvalue weighted by Crippen LogP contribution is -2.61. The van der Waals surface area contributed by atoms with Crippen LogP contribution in [0.4, 0.5) is 0 Å². The third-order valence-electron chi connectivity index (χ3n) is 10.9. The Kier molecular flexibility index (Phi) is 4.94. The Bertz CT molecular complexity index is 1150. The van der Waals surface area contributed by atoms with Gasteiger partial charge in [-0.1, -0.05) is 52.3 Å². The second-order valence-electron chi connectivity index (χ2n) is 12.7. The maximum Gasteiger partial charge on any atom is 0.308 e. The van der Waals surface area contributed by atoms with Crippen LogP contribution in [0, 0.1) is 33.5 Å². The number of carbonyl (C=O) groups is 3. The summed E-state index contributed by atoms with van der Waals surface area (Å²) in [6.07, 6.45) is 12.1. The van der Waals surface area contributed by atoms with Gasteiger partial charge in [-0.15, -0.1) is 0 Å². The zero-order valence-corrected chi connectivity index (χ0v) is 21.8. The first kappa shape index (κ1) is 23.5. The molecule has 182 valence electrons. The van der Waals surface area contributed by atoms with Crippen molar-refractivity contribution in [2.24, 2.45) is 33.5 Å². The van der Waals surface area contributed by atoms with Gasteiger partial charge in [0.05, 0.1) is 0 Å². The minimum absolute atomic E-state index is 0.00395. The Morgan fingerprint density at radius 1 is 1.03 bits per heavy atom. The average Bonchev–Trinajstić information content (AvgIpc) is 2.75. The van der Waals surface area contributed by atoms with Gasteiger partial charge in [0.2, 0.25) is 5.78 Å². The zero-order chi connectivity index (χ0) is 24.8. The van der Waals surface area contributed by atoms with E-state index in [4.69, 9.17) is 4.74 Å². The molecule has 4 nitrogen and oxygen atoms in total. The van der Waals surface area contributed by atoms with Crippen molar-refractivity contribution in [2.45, 2.75) is 87.0 Å². The highest BCUT2D eigenvalue weighted by Gasteiger charge is 2.66. The molecule has 0 amide bonds. The minimum atomic E-state index is -0.468. The topological polar surface area (TPSA) is 60.4 Å². The van der Waals surface area contributed by atoms with Gasteiger partial charge in [-0.05, 0) is 78.4 Å². The van der Waals surface area contributed by atoms with Crippen molar-refractivity contribution >= 4 is 17.5 Å². The molecule has 5 aliphatic carbocycles. The summed E-state index contributed by atoms with van der Waals surface area (Å²) in [5.41, 5.74) is 4.26. The van der Waals surface area contributed by atoms with Crippen molar-refractivity contribution in [1.82, 2.24) is 0 Å². The average molecular weight is 463 g/mol. The summed E-state index contributed by atoms with van der Waals surface area (Å²) in [5.74, 6) is 0.573. The molecule has 3 saturated carbocycles. The molecule has 0 aromatic rings. The summed E-state index contributed by atoms with van der Waals surface area (Å²) >= 11 is 0. The van der Waals surface area contributed by atoms with E-state index in [9.17, 15) is 14.4 Å². The SMILES string of the molecule is CC(=O)OC1=C(C)C2=CC=C3C(C)(CCC4(C)C5CC(C)C(=O)CC5(C)CCC34C)C2=CC1=O. The van der Waals surface area contributed by atoms with Crippen LogP contribution in [-0.4, -0.2) is 17.5 Å². The number of hydrogen-bond donors (Lipinski definition) is 0. The number of fused-ring (bicyclic) bond motifs is 7. The Hall–Kier alpha value is -2.23. The molecule has 6 atom stereocenters. The first-order chi connectivity index (χ1) is 15.8. The van der Waals surface area contributed by atoms with Crippen molar-refractivity contribution in [1.29, 1.82) is 0 Å². The zero-order valence-electron chi connectivity index (χ0n) is 21.8. The molecule has 0 radical (unpaired) electrons. The smallest absolute Gasteiger partial charge is 0.308 e. The molecule has 4 heteroatoms. The molecular weight excluding hydrogens is 424 g/mol.